The molecule has 2 aromatic rings. The number of hydrogen-bond acceptors (Lipinski definition) is 5. The van der Waals surface area contributed by atoms with Crippen molar-refractivity contribution in [2.75, 3.05) is 10.6 Å². The molecule has 2 aromatic heterocycles. The Bertz CT molecular complexity index is 698. The van der Waals surface area contributed by atoms with Gasteiger partial charge in [0.1, 0.15) is 6.61 Å². The van der Waals surface area contributed by atoms with Crippen LogP contribution in [-0.4, -0.2) is 12.5 Å². The van der Waals surface area contributed by atoms with E-state index in [1.807, 2.05) is 24.4 Å². The predicted molar refractivity (Wildman–Crippen MR) is 95.6 cm³/mol. The molecule has 0 aliphatic heterocycles. The van der Waals surface area contributed by atoms with Crippen LogP contribution >= 0.6 is 22.7 Å². The van der Waals surface area contributed by atoms with E-state index < -0.39 is 0 Å². The van der Waals surface area contributed by atoms with Crippen LogP contribution in [0.15, 0.2) is 17.5 Å². The summed E-state index contributed by atoms with van der Waals surface area (Å²) >= 11 is 3.01. The Morgan fingerprint density at radius 2 is 2.04 bits per heavy atom. The number of carbonyl (C=O) groups is 2. The summed E-state index contributed by atoms with van der Waals surface area (Å²) in [5.74, 6) is 0. The van der Waals surface area contributed by atoms with Crippen molar-refractivity contribution in [1.29, 1.82) is 0 Å². The van der Waals surface area contributed by atoms with Gasteiger partial charge in [0.05, 0.1) is 15.6 Å². The third kappa shape index (κ3) is 4.80. The molecule has 2 rings (SSSR count). The molecule has 124 valence electrons. The highest BCUT2D eigenvalue weighted by atomic mass is 32.1. The second-order valence-electron chi connectivity index (χ2n) is 6.17. The van der Waals surface area contributed by atoms with Gasteiger partial charge in [-0.2, -0.15) is 0 Å². The minimum absolute atomic E-state index is 0.0398. The van der Waals surface area contributed by atoms with Crippen LogP contribution in [0.1, 0.15) is 36.1 Å². The molecule has 0 radical (unpaired) electrons. The van der Waals surface area contributed by atoms with Gasteiger partial charge >= 0.3 is 6.03 Å². The fraction of sp³-hybridized carbons (Fsp3) is 0.375. The summed E-state index contributed by atoms with van der Waals surface area (Å²) in [6, 6.07) is 3.54. The normalized spacial score (nSPS) is 11.1. The monoisotopic (exact) mass is 352 g/mol. The van der Waals surface area contributed by atoms with Gasteiger partial charge in [-0.15, -0.1) is 22.7 Å². The Labute approximate surface area is 143 Å². The van der Waals surface area contributed by atoms with E-state index in [-0.39, 0.29) is 18.1 Å². The first-order chi connectivity index (χ1) is 10.8. The smallest absolute Gasteiger partial charge is 0.324 e. The summed E-state index contributed by atoms with van der Waals surface area (Å²) in [6.07, 6.45) is 0. The minimum Gasteiger partial charge on any atom is -0.462 e. The molecular formula is C16H20N2O3S2. The second kappa shape index (κ2) is 7.14. The Morgan fingerprint density at radius 1 is 1.30 bits per heavy atom. The molecule has 0 aromatic carbocycles. The molecule has 0 saturated carbocycles. The zero-order chi connectivity index (χ0) is 17.0. The molecule has 7 heteroatoms. The third-order valence-corrected chi connectivity index (χ3v) is 5.54. The number of anilines is 2. The van der Waals surface area contributed by atoms with Crippen LogP contribution in [0.25, 0.3) is 0 Å². The average Bonchev–Trinajstić information content (AvgIpc) is 3.02. The number of amides is 2. The van der Waals surface area contributed by atoms with Crippen molar-refractivity contribution in [2.45, 2.75) is 39.7 Å². The largest absolute Gasteiger partial charge is 0.462 e. The second-order valence-corrected chi connectivity index (χ2v) is 8.22. The fourth-order valence-corrected chi connectivity index (χ4v) is 3.77. The van der Waals surface area contributed by atoms with Crippen LogP contribution in [0.4, 0.5) is 15.5 Å². The summed E-state index contributed by atoms with van der Waals surface area (Å²) in [5.41, 5.74) is 1.74. The first-order valence-electron chi connectivity index (χ1n) is 7.11. The Hall–Kier alpha value is -1.86. The lowest BCUT2D eigenvalue weighted by Crippen LogP contribution is -2.19. The number of urea groups is 1. The zero-order valence-corrected chi connectivity index (χ0v) is 15.2. The van der Waals surface area contributed by atoms with Gasteiger partial charge in [-0.1, -0.05) is 20.8 Å². The molecule has 5 nitrogen and oxygen atoms in total. The summed E-state index contributed by atoms with van der Waals surface area (Å²) in [6.45, 7) is 8.83. The molecule has 23 heavy (non-hydrogen) atoms. The number of hydrogen-bond donors (Lipinski definition) is 2. The van der Waals surface area contributed by atoms with Crippen LogP contribution in [0.2, 0.25) is 0 Å². The van der Waals surface area contributed by atoms with Crippen molar-refractivity contribution >= 4 is 45.9 Å². The van der Waals surface area contributed by atoms with Gasteiger partial charge in [0, 0.05) is 4.88 Å². The molecular weight excluding hydrogens is 332 g/mol. The van der Waals surface area contributed by atoms with Crippen molar-refractivity contribution in [3.8, 4) is 0 Å². The average molecular weight is 352 g/mol. The van der Waals surface area contributed by atoms with Crippen molar-refractivity contribution < 1.29 is 14.3 Å². The van der Waals surface area contributed by atoms with E-state index in [1.54, 1.807) is 0 Å². The number of rotatable bonds is 5. The van der Waals surface area contributed by atoms with Gasteiger partial charge in [-0.05, 0) is 35.4 Å². The van der Waals surface area contributed by atoms with Crippen molar-refractivity contribution in [3.63, 3.8) is 0 Å². The van der Waals surface area contributed by atoms with E-state index in [0.717, 1.165) is 20.3 Å². The standard InChI is InChI=1S/C16H20N2O3S2/c1-10-5-14(22-8-10)18-15(20)17-11-6-13(16(2,3)4)23-12(11)7-21-9-19/h5-6,8-9H,7H2,1-4H3,(H2,17,18,20). The SMILES string of the molecule is Cc1csc(NC(=O)Nc2cc(C(C)(C)C)sc2COC=O)c1. The third-order valence-electron chi connectivity index (χ3n) is 3.05. The Morgan fingerprint density at radius 3 is 2.61 bits per heavy atom. The highest BCUT2D eigenvalue weighted by Crippen LogP contribution is 2.36. The number of ether oxygens (including phenoxy) is 1. The van der Waals surface area contributed by atoms with Crippen molar-refractivity contribution in [3.05, 3.63) is 32.8 Å². The van der Waals surface area contributed by atoms with Crippen LogP contribution in [0, 0.1) is 6.92 Å². The van der Waals surface area contributed by atoms with Gasteiger partial charge in [-0.25, -0.2) is 4.79 Å². The molecule has 0 aliphatic carbocycles. The van der Waals surface area contributed by atoms with E-state index in [4.69, 9.17) is 4.74 Å². The minimum atomic E-state index is -0.308. The maximum Gasteiger partial charge on any atom is 0.324 e. The fourth-order valence-electron chi connectivity index (χ4n) is 1.88. The Balaban J connectivity index is 2.14. The van der Waals surface area contributed by atoms with Gasteiger partial charge < -0.3 is 10.1 Å². The summed E-state index contributed by atoms with van der Waals surface area (Å²) in [5, 5.41) is 8.41. The summed E-state index contributed by atoms with van der Waals surface area (Å²) < 4.78 is 4.85. The van der Waals surface area contributed by atoms with Gasteiger partial charge in [0.15, 0.2) is 0 Å². The van der Waals surface area contributed by atoms with Crippen LogP contribution in [0.5, 0.6) is 0 Å². The molecule has 0 fully saturated rings. The first-order valence-corrected chi connectivity index (χ1v) is 8.81. The van der Waals surface area contributed by atoms with Gasteiger partial charge in [-0.3, -0.25) is 10.1 Å². The molecule has 0 atom stereocenters. The van der Waals surface area contributed by atoms with Crippen molar-refractivity contribution in [2.24, 2.45) is 0 Å². The Kier molecular flexibility index (Phi) is 5.43. The lowest BCUT2D eigenvalue weighted by Gasteiger charge is -2.15. The molecule has 0 unspecified atom stereocenters. The van der Waals surface area contributed by atoms with E-state index >= 15 is 0 Å². The zero-order valence-electron chi connectivity index (χ0n) is 13.6. The topological polar surface area (TPSA) is 67.4 Å². The number of nitrogens with one attached hydrogen (secondary N) is 2. The van der Waals surface area contributed by atoms with E-state index in [0.29, 0.717) is 12.2 Å². The van der Waals surface area contributed by atoms with E-state index in [2.05, 4.69) is 31.4 Å². The quantitative estimate of drug-likeness (QED) is 0.764. The van der Waals surface area contributed by atoms with Crippen molar-refractivity contribution in [1.82, 2.24) is 0 Å². The lowest BCUT2D eigenvalue weighted by molar-refractivity contribution is -0.129. The highest BCUT2D eigenvalue weighted by molar-refractivity contribution is 7.14. The number of thiophene rings is 2. The summed E-state index contributed by atoms with van der Waals surface area (Å²) in [7, 11) is 0. The molecule has 2 N–H and O–H groups in total. The first kappa shape index (κ1) is 17.5. The van der Waals surface area contributed by atoms with E-state index in [9.17, 15) is 9.59 Å². The van der Waals surface area contributed by atoms with Crippen LogP contribution in [-0.2, 0) is 21.6 Å². The van der Waals surface area contributed by atoms with Crippen LogP contribution in [0.3, 0.4) is 0 Å². The van der Waals surface area contributed by atoms with Gasteiger partial charge in [0.2, 0.25) is 0 Å². The molecule has 2 amide bonds. The molecule has 0 spiro atoms. The maximum absolute atomic E-state index is 12.2. The molecule has 0 saturated heterocycles. The molecule has 0 aliphatic rings. The highest BCUT2D eigenvalue weighted by Gasteiger charge is 2.21. The summed E-state index contributed by atoms with van der Waals surface area (Å²) in [4.78, 5) is 24.5. The molecule has 0 bridgehead atoms. The van der Waals surface area contributed by atoms with Crippen LogP contribution < -0.4 is 10.6 Å². The molecule has 2 heterocycles. The lowest BCUT2D eigenvalue weighted by atomic mass is 9.94. The predicted octanol–water partition coefficient (Wildman–Crippen LogP) is 4.73. The van der Waals surface area contributed by atoms with E-state index in [1.165, 1.54) is 22.7 Å². The van der Waals surface area contributed by atoms with Gasteiger partial charge in [0.25, 0.3) is 6.47 Å². The maximum atomic E-state index is 12.2. The number of aryl methyl sites for hydroxylation is 1. The number of carbonyl (C=O) groups excluding carboxylic acids is 2.